The highest BCUT2D eigenvalue weighted by molar-refractivity contribution is 5.50. The van der Waals surface area contributed by atoms with Crippen LogP contribution in [0.4, 0.5) is 13.2 Å². The van der Waals surface area contributed by atoms with Gasteiger partial charge in [-0.1, -0.05) is 0 Å². The number of nitrogens with one attached hydrogen (secondary N) is 1. The maximum atomic E-state index is 12.5. The Kier molecular flexibility index (Phi) is 2.81. The number of alkyl halides is 3. The molecule has 0 bridgehead atoms. The minimum Gasteiger partial charge on any atom is -0.342 e. The van der Waals surface area contributed by atoms with Crippen LogP contribution in [0.15, 0.2) is 49.1 Å². The first-order valence-corrected chi connectivity index (χ1v) is 5.76. The molecule has 0 aliphatic carbocycles. The molecule has 0 saturated carbocycles. The van der Waals surface area contributed by atoms with Crippen molar-refractivity contribution in [1.29, 1.82) is 0 Å². The Morgan fingerprint density at radius 2 is 1.75 bits per heavy atom. The lowest BCUT2D eigenvalue weighted by Crippen LogP contribution is -2.05. The second-order valence-corrected chi connectivity index (χ2v) is 4.10. The monoisotopic (exact) mass is 278 g/mol. The molecular weight excluding hydrogens is 269 g/mol. The third kappa shape index (κ3) is 2.18. The van der Waals surface area contributed by atoms with Crippen molar-refractivity contribution in [3.05, 3.63) is 54.6 Å². The highest BCUT2D eigenvalue weighted by Gasteiger charge is 2.30. The van der Waals surface area contributed by atoms with Crippen LogP contribution in [-0.4, -0.2) is 19.5 Å². The summed E-state index contributed by atoms with van der Waals surface area (Å²) < 4.78 is 39.3. The van der Waals surface area contributed by atoms with Crippen molar-refractivity contribution < 1.29 is 13.2 Å². The fourth-order valence-electron chi connectivity index (χ4n) is 1.89. The molecule has 0 atom stereocenters. The molecule has 20 heavy (non-hydrogen) atoms. The molecule has 0 amide bonds. The van der Waals surface area contributed by atoms with Gasteiger partial charge in [-0.25, -0.2) is 9.97 Å². The van der Waals surface area contributed by atoms with Gasteiger partial charge in [0, 0.05) is 30.5 Å². The van der Waals surface area contributed by atoms with Crippen molar-refractivity contribution in [3.63, 3.8) is 0 Å². The van der Waals surface area contributed by atoms with Crippen LogP contribution >= 0.6 is 0 Å². The molecule has 3 rings (SSSR count). The molecule has 1 N–H and O–H groups in total. The van der Waals surface area contributed by atoms with Crippen molar-refractivity contribution in [2.24, 2.45) is 0 Å². The number of benzene rings is 1. The van der Waals surface area contributed by atoms with E-state index in [2.05, 4.69) is 15.0 Å². The summed E-state index contributed by atoms with van der Waals surface area (Å²) in [6.45, 7) is 0. The van der Waals surface area contributed by atoms with Gasteiger partial charge in [0.15, 0.2) is 11.6 Å². The lowest BCUT2D eigenvalue weighted by atomic mass is 10.2. The van der Waals surface area contributed by atoms with E-state index in [-0.39, 0.29) is 0 Å². The lowest BCUT2D eigenvalue weighted by molar-refractivity contribution is -0.137. The zero-order chi connectivity index (χ0) is 14.2. The van der Waals surface area contributed by atoms with E-state index >= 15 is 0 Å². The van der Waals surface area contributed by atoms with Crippen LogP contribution in [0.25, 0.3) is 17.3 Å². The van der Waals surface area contributed by atoms with Crippen LogP contribution < -0.4 is 0 Å². The highest BCUT2D eigenvalue weighted by Crippen LogP contribution is 2.30. The number of H-pyrrole nitrogens is 1. The molecule has 2 heterocycles. The van der Waals surface area contributed by atoms with Crippen LogP contribution in [0.5, 0.6) is 0 Å². The molecular formula is C13H9F3N4. The predicted octanol–water partition coefficient (Wildman–Crippen LogP) is 3.28. The van der Waals surface area contributed by atoms with Crippen molar-refractivity contribution in [1.82, 2.24) is 19.5 Å². The largest absolute Gasteiger partial charge is 0.416 e. The number of rotatable bonds is 2. The topological polar surface area (TPSA) is 46.5 Å². The van der Waals surface area contributed by atoms with Gasteiger partial charge < -0.3 is 4.98 Å². The van der Waals surface area contributed by atoms with E-state index in [0.29, 0.717) is 17.3 Å². The molecule has 0 unspecified atom stereocenters. The first-order valence-electron chi connectivity index (χ1n) is 5.76. The number of halogens is 3. The lowest BCUT2D eigenvalue weighted by Gasteiger charge is -2.09. The van der Waals surface area contributed by atoms with E-state index in [4.69, 9.17) is 0 Å². The average Bonchev–Trinajstić information content (AvgIpc) is 3.08. The van der Waals surface area contributed by atoms with Gasteiger partial charge >= 0.3 is 6.18 Å². The predicted molar refractivity (Wildman–Crippen MR) is 66.1 cm³/mol. The maximum Gasteiger partial charge on any atom is 0.416 e. The molecule has 0 saturated heterocycles. The highest BCUT2D eigenvalue weighted by atomic mass is 19.4. The Morgan fingerprint density at radius 3 is 2.35 bits per heavy atom. The van der Waals surface area contributed by atoms with Crippen LogP contribution in [0.3, 0.4) is 0 Å². The van der Waals surface area contributed by atoms with Crippen molar-refractivity contribution in [2.45, 2.75) is 6.18 Å². The number of nitrogens with zero attached hydrogens (tertiary/aromatic N) is 3. The molecule has 7 heteroatoms. The second kappa shape index (κ2) is 4.52. The quantitative estimate of drug-likeness (QED) is 0.782. The molecule has 1 aromatic carbocycles. The Balaban J connectivity index is 2.01. The molecule has 0 radical (unpaired) electrons. The molecule has 2 aromatic heterocycles. The van der Waals surface area contributed by atoms with Gasteiger partial charge in [0.05, 0.1) is 5.56 Å². The average molecular weight is 278 g/mol. The third-order valence-corrected chi connectivity index (χ3v) is 2.82. The van der Waals surface area contributed by atoms with Crippen LogP contribution in [-0.2, 0) is 6.18 Å². The zero-order valence-corrected chi connectivity index (χ0v) is 10.1. The second-order valence-electron chi connectivity index (χ2n) is 4.10. The molecule has 0 aliphatic heterocycles. The van der Waals surface area contributed by atoms with Gasteiger partial charge in [0.25, 0.3) is 0 Å². The maximum absolute atomic E-state index is 12.5. The molecule has 4 nitrogen and oxygen atoms in total. The zero-order valence-electron chi connectivity index (χ0n) is 10.1. The van der Waals surface area contributed by atoms with Crippen LogP contribution in [0, 0.1) is 0 Å². The Bertz CT molecular complexity index is 696. The van der Waals surface area contributed by atoms with E-state index in [1.807, 2.05) is 0 Å². The molecule has 0 aliphatic rings. The fraction of sp³-hybridized carbons (Fsp3) is 0.0769. The van der Waals surface area contributed by atoms with Gasteiger partial charge in [0.1, 0.15) is 0 Å². The summed E-state index contributed by atoms with van der Waals surface area (Å²) in [4.78, 5) is 11.1. The SMILES string of the molecule is FC(F)(F)c1ccc(-n2ccnc2-c2ncc[nH]2)cc1. The first kappa shape index (κ1) is 12.5. The first-order chi connectivity index (χ1) is 9.55. The van der Waals surface area contributed by atoms with E-state index in [1.54, 1.807) is 29.4 Å². The fourth-order valence-corrected chi connectivity index (χ4v) is 1.89. The number of aromatic amines is 1. The molecule has 102 valence electrons. The number of imidazole rings is 2. The van der Waals surface area contributed by atoms with Crippen molar-refractivity contribution in [3.8, 4) is 17.3 Å². The van der Waals surface area contributed by atoms with Crippen LogP contribution in [0.2, 0.25) is 0 Å². The Hall–Kier alpha value is -2.57. The van der Waals surface area contributed by atoms with E-state index in [9.17, 15) is 13.2 Å². The summed E-state index contributed by atoms with van der Waals surface area (Å²) in [6.07, 6.45) is 2.13. The summed E-state index contributed by atoms with van der Waals surface area (Å²) in [5.41, 5.74) is -0.0946. The normalized spacial score (nSPS) is 11.8. The number of hydrogen-bond acceptors (Lipinski definition) is 2. The van der Waals surface area contributed by atoms with E-state index in [1.165, 1.54) is 12.1 Å². The molecule has 0 fully saturated rings. The summed E-state index contributed by atoms with van der Waals surface area (Å²) in [5.74, 6) is 1.09. The summed E-state index contributed by atoms with van der Waals surface area (Å²) in [5, 5.41) is 0. The van der Waals surface area contributed by atoms with Crippen molar-refractivity contribution >= 4 is 0 Å². The van der Waals surface area contributed by atoms with Gasteiger partial charge in [0.2, 0.25) is 0 Å². The summed E-state index contributed by atoms with van der Waals surface area (Å²) in [7, 11) is 0. The summed E-state index contributed by atoms with van der Waals surface area (Å²) >= 11 is 0. The molecule has 3 aromatic rings. The Labute approximate surface area is 111 Å². The van der Waals surface area contributed by atoms with Gasteiger partial charge in [-0.2, -0.15) is 13.2 Å². The third-order valence-electron chi connectivity index (χ3n) is 2.82. The minimum absolute atomic E-state index is 0.537. The number of hydrogen-bond donors (Lipinski definition) is 1. The van der Waals surface area contributed by atoms with Crippen LogP contribution in [0.1, 0.15) is 5.56 Å². The van der Waals surface area contributed by atoms with Gasteiger partial charge in [-0.05, 0) is 24.3 Å². The van der Waals surface area contributed by atoms with E-state index in [0.717, 1.165) is 12.1 Å². The molecule has 0 spiro atoms. The smallest absolute Gasteiger partial charge is 0.342 e. The number of aromatic nitrogens is 4. The minimum atomic E-state index is -4.34. The summed E-state index contributed by atoms with van der Waals surface area (Å²) in [6, 6.07) is 4.89. The van der Waals surface area contributed by atoms with Gasteiger partial charge in [-0.15, -0.1) is 0 Å². The van der Waals surface area contributed by atoms with Gasteiger partial charge in [-0.3, -0.25) is 4.57 Å². The van der Waals surface area contributed by atoms with Crippen molar-refractivity contribution in [2.75, 3.05) is 0 Å². The standard InChI is InChI=1S/C13H9F3N4/c14-13(15,16)9-1-3-10(4-2-9)20-8-7-19-12(20)11-17-5-6-18-11/h1-8H,(H,17,18). The Morgan fingerprint density at radius 1 is 1.00 bits per heavy atom. The van der Waals surface area contributed by atoms with E-state index < -0.39 is 11.7 Å².